The molecule has 2 fully saturated rings. The second-order valence-corrected chi connectivity index (χ2v) is 21.7. The zero-order valence-electron chi connectivity index (χ0n) is 26.5. The number of carbonyl (C=O) groups is 1. The van der Waals surface area contributed by atoms with Crippen LogP contribution < -0.4 is 4.74 Å². The molecule has 1 amide bonds. The van der Waals surface area contributed by atoms with Crippen LogP contribution in [0, 0.1) is 0 Å². The normalized spacial score (nSPS) is 26.0. The summed E-state index contributed by atoms with van der Waals surface area (Å²) in [5, 5.41) is 10.5. The Morgan fingerprint density at radius 1 is 1.15 bits per heavy atom. The summed E-state index contributed by atoms with van der Waals surface area (Å²) in [6, 6.07) is 10.2. The molecule has 0 spiro atoms. The number of aromatic nitrogens is 3. The average molecular weight is 729 g/mol. The number of hydrogen-bond acceptors (Lipinski definition) is 9. The van der Waals surface area contributed by atoms with E-state index in [4.69, 9.17) is 35.5 Å². The number of amides is 1. The van der Waals surface area contributed by atoms with Crippen molar-refractivity contribution in [3.05, 3.63) is 47.0 Å². The van der Waals surface area contributed by atoms with E-state index in [2.05, 4.69) is 29.0 Å². The Balaban J connectivity index is 1.26. The highest BCUT2D eigenvalue weighted by atomic mass is 35.5. The number of pyridine rings is 1. The Labute approximate surface area is 281 Å². The highest BCUT2D eigenvalue weighted by molar-refractivity contribution is 7.94. The number of carbonyl (C=O) groups excluding carboxylic acids is 1. The fourth-order valence-corrected chi connectivity index (χ4v) is 8.45. The molecule has 1 aromatic carbocycles. The lowest BCUT2D eigenvalue weighted by Crippen LogP contribution is -2.35. The molecular weight excluding hydrogens is 693 g/mol. The lowest BCUT2D eigenvalue weighted by molar-refractivity contribution is -0.169. The summed E-state index contributed by atoms with van der Waals surface area (Å²) in [7, 11) is -4.67. The lowest BCUT2D eigenvalue weighted by atomic mass is 10.0. The number of halogens is 4. The standard InChI is InChI=1S/C31H36ClF3N4O7SSi/c1-48(2,3)13-10-43-17-39-28-22(36-30(39)46-24-16-45-26-23(40)15-44-27(24)26)14-21(32)25(37-28)20-6-4-18(5-7-20)19-8-11-47(42,12-9-19)38-29(41)31(33,34)35/h4-8,14,23-24,26-27,40H,9-13,15-17H2,1-3H3/t23-,24-,26-,27-,47?/m1/s1. The molecule has 48 heavy (non-hydrogen) atoms. The third-order valence-electron chi connectivity index (χ3n) is 8.40. The van der Waals surface area contributed by atoms with E-state index in [1.54, 1.807) is 16.7 Å². The fraction of sp³-hybridized carbons (Fsp3) is 0.516. The van der Waals surface area contributed by atoms with Crippen molar-refractivity contribution in [3.63, 3.8) is 0 Å². The second-order valence-electron chi connectivity index (χ2n) is 13.2. The Morgan fingerprint density at radius 3 is 2.52 bits per heavy atom. The van der Waals surface area contributed by atoms with Crippen molar-refractivity contribution >= 4 is 52.0 Å². The van der Waals surface area contributed by atoms with Crippen molar-refractivity contribution in [1.82, 2.24) is 14.5 Å². The van der Waals surface area contributed by atoms with Gasteiger partial charge in [0.15, 0.2) is 11.8 Å². The molecule has 1 unspecified atom stereocenters. The number of ether oxygens (including phenoxy) is 4. The van der Waals surface area contributed by atoms with E-state index in [1.165, 1.54) is 0 Å². The van der Waals surface area contributed by atoms with E-state index in [0.717, 1.165) is 17.2 Å². The van der Waals surface area contributed by atoms with E-state index >= 15 is 0 Å². The highest BCUT2D eigenvalue weighted by Crippen LogP contribution is 2.35. The van der Waals surface area contributed by atoms with Gasteiger partial charge >= 0.3 is 18.1 Å². The molecule has 260 valence electrons. The van der Waals surface area contributed by atoms with Crippen molar-refractivity contribution in [2.24, 2.45) is 4.36 Å². The van der Waals surface area contributed by atoms with Gasteiger partial charge < -0.3 is 24.1 Å². The fourth-order valence-electron chi connectivity index (χ4n) is 5.70. The monoisotopic (exact) mass is 728 g/mol. The smallest absolute Gasteiger partial charge is 0.456 e. The van der Waals surface area contributed by atoms with E-state index in [-0.39, 0.29) is 43.9 Å². The number of imidazole rings is 1. The molecule has 3 aromatic rings. The topological polar surface area (TPSA) is 134 Å². The molecule has 3 aliphatic heterocycles. The maximum absolute atomic E-state index is 12.7. The van der Waals surface area contributed by atoms with Crippen LogP contribution in [-0.4, -0.2) is 99.8 Å². The van der Waals surface area contributed by atoms with Crippen molar-refractivity contribution in [3.8, 4) is 17.3 Å². The minimum atomic E-state index is -5.15. The van der Waals surface area contributed by atoms with Crippen LogP contribution >= 0.6 is 11.6 Å². The van der Waals surface area contributed by atoms with E-state index < -0.39 is 54.3 Å². The molecule has 0 saturated carbocycles. The second kappa shape index (κ2) is 13.5. The van der Waals surface area contributed by atoms with Crippen molar-refractivity contribution < 1.29 is 46.2 Å². The van der Waals surface area contributed by atoms with Gasteiger partial charge in [0.05, 0.1) is 39.4 Å². The van der Waals surface area contributed by atoms with Crippen LogP contribution in [0.4, 0.5) is 13.2 Å². The van der Waals surface area contributed by atoms with Gasteiger partial charge in [-0.1, -0.05) is 61.6 Å². The van der Waals surface area contributed by atoms with Crippen molar-refractivity contribution in [2.75, 3.05) is 31.3 Å². The first-order valence-corrected chi connectivity index (χ1v) is 21.4. The molecule has 3 aliphatic rings. The third-order valence-corrected chi connectivity index (χ3v) is 12.4. The Kier molecular flexibility index (Phi) is 9.80. The maximum atomic E-state index is 12.7. The zero-order chi connectivity index (χ0) is 34.4. The van der Waals surface area contributed by atoms with Gasteiger partial charge in [-0.05, 0) is 29.7 Å². The third kappa shape index (κ3) is 7.64. The minimum Gasteiger partial charge on any atom is -0.456 e. The lowest BCUT2D eigenvalue weighted by Gasteiger charge is -2.19. The van der Waals surface area contributed by atoms with E-state index in [1.807, 2.05) is 24.3 Å². The Morgan fingerprint density at radius 2 is 1.85 bits per heavy atom. The number of alkyl halides is 3. The van der Waals surface area contributed by atoms with Crippen LogP contribution in [0.1, 0.15) is 12.0 Å². The summed E-state index contributed by atoms with van der Waals surface area (Å²) in [6.07, 6.45) is -5.49. The quantitative estimate of drug-likeness (QED) is 0.230. The summed E-state index contributed by atoms with van der Waals surface area (Å²) >= 11 is 6.72. The van der Waals surface area contributed by atoms with Gasteiger partial charge in [-0.2, -0.15) is 22.5 Å². The number of aliphatic hydroxyl groups excluding tert-OH is 1. The Hall–Kier alpha value is -2.86. The molecule has 0 aliphatic carbocycles. The molecule has 5 atom stereocenters. The van der Waals surface area contributed by atoms with Gasteiger partial charge in [-0.15, -0.1) is 0 Å². The van der Waals surface area contributed by atoms with Crippen molar-refractivity contribution in [1.29, 1.82) is 0 Å². The number of fused-ring (bicyclic) bond motifs is 2. The first-order valence-electron chi connectivity index (χ1n) is 15.5. The van der Waals surface area contributed by atoms with Crippen molar-refractivity contribution in [2.45, 2.75) is 69.4 Å². The molecule has 6 rings (SSSR count). The predicted octanol–water partition coefficient (Wildman–Crippen LogP) is 5.31. The number of aliphatic hydroxyl groups is 1. The maximum Gasteiger partial charge on any atom is 0.474 e. The molecule has 5 heterocycles. The number of hydrogen-bond donors (Lipinski definition) is 1. The van der Waals surface area contributed by atoms with Crippen LogP contribution in [0.5, 0.6) is 6.01 Å². The number of rotatable bonds is 9. The van der Waals surface area contributed by atoms with Crippen LogP contribution in [0.15, 0.2) is 40.8 Å². The van der Waals surface area contributed by atoms with Crippen LogP contribution in [0.25, 0.3) is 28.0 Å². The highest BCUT2D eigenvalue weighted by Gasteiger charge is 2.49. The van der Waals surface area contributed by atoms with Gasteiger partial charge in [0.25, 0.3) is 0 Å². The molecule has 1 N–H and O–H groups in total. The first kappa shape index (κ1) is 35.0. The van der Waals surface area contributed by atoms with Gasteiger partial charge in [0.1, 0.15) is 30.6 Å². The molecule has 17 heteroatoms. The molecule has 0 bridgehead atoms. The average Bonchev–Trinajstić information content (AvgIpc) is 3.69. The Bertz CT molecular complexity index is 1860. The first-order chi connectivity index (χ1) is 22.6. The van der Waals surface area contributed by atoms with Crippen LogP contribution in [-0.2, 0) is 35.5 Å². The zero-order valence-corrected chi connectivity index (χ0v) is 29.1. The largest absolute Gasteiger partial charge is 0.474 e. The van der Waals surface area contributed by atoms with E-state index in [0.29, 0.717) is 34.1 Å². The van der Waals surface area contributed by atoms with Crippen LogP contribution in [0.3, 0.4) is 0 Å². The summed E-state index contributed by atoms with van der Waals surface area (Å²) in [6.45, 7) is 7.89. The van der Waals surface area contributed by atoms with Gasteiger partial charge in [0.2, 0.25) is 0 Å². The number of nitrogens with zero attached hydrogens (tertiary/aromatic N) is 4. The van der Waals surface area contributed by atoms with E-state index in [9.17, 15) is 27.3 Å². The van der Waals surface area contributed by atoms with Gasteiger partial charge in [0, 0.05) is 26.0 Å². The minimum absolute atomic E-state index is 0.132. The SMILES string of the molecule is C[Si](C)(C)CCOCn1c(O[C@@H]2CO[C@H]3[C@@H]2OC[C@H]3O)nc2cc(Cl)c(-c3ccc(C4=CCS(=O)(=NC(=O)C(F)(F)F)CC4)cc3)nc21. The van der Waals surface area contributed by atoms with Crippen LogP contribution in [0.2, 0.25) is 30.7 Å². The van der Waals surface area contributed by atoms with Gasteiger partial charge in [-0.3, -0.25) is 9.36 Å². The molecule has 0 radical (unpaired) electrons. The van der Waals surface area contributed by atoms with Gasteiger partial charge in [-0.25, -0.2) is 9.19 Å². The molecular formula is C31H36ClF3N4O7SSi. The summed E-state index contributed by atoms with van der Waals surface area (Å²) in [5.41, 5.74) is 3.75. The molecule has 2 aromatic heterocycles. The summed E-state index contributed by atoms with van der Waals surface area (Å²) in [4.78, 5) is 20.8. The molecule has 2 saturated heterocycles. The summed E-state index contributed by atoms with van der Waals surface area (Å²) < 4.78 is 79.3. The number of benzene rings is 1. The predicted molar refractivity (Wildman–Crippen MR) is 176 cm³/mol. The molecule has 11 nitrogen and oxygen atoms in total. The summed E-state index contributed by atoms with van der Waals surface area (Å²) in [5.74, 6) is -2.72. The number of allylic oxidation sites excluding steroid dienone is 1.